The molecule has 0 saturated heterocycles. The van der Waals surface area contributed by atoms with Crippen LogP contribution in [0, 0.1) is 10.1 Å². The van der Waals surface area contributed by atoms with Crippen LogP contribution in [0.1, 0.15) is 10.4 Å². The van der Waals surface area contributed by atoms with Crippen molar-refractivity contribution in [3.8, 4) is 5.69 Å². The number of carbonyl (C=O) groups is 2. The smallest absolute Gasteiger partial charge is 0.323 e. The molecule has 1 aromatic heterocycles. The summed E-state index contributed by atoms with van der Waals surface area (Å²) in [7, 11) is 1.42. The molecule has 25 heavy (non-hydrogen) atoms. The summed E-state index contributed by atoms with van der Waals surface area (Å²) in [5, 5.41) is 24.1. The van der Waals surface area contributed by atoms with Crippen molar-refractivity contribution in [2.45, 2.75) is 0 Å². The molecule has 0 fully saturated rings. The highest BCUT2D eigenvalue weighted by molar-refractivity contribution is 5.96. The molecule has 0 aliphatic carbocycles. The maximum atomic E-state index is 12.5. The van der Waals surface area contributed by atoms with Crippen LogP contribution in [0.2, 0.25) is 0 Å². The van der Waals surface area contributed by atoms with Crippen molar-refractivity contribution in [2.75, 3.05) is 26.8 Å². The molecule has 1 heterocycles. The van der Waals surface area contributed by atoms with Crippen LogP contribution in [-0.2, 0) is 9.53 Å². The molecule has 2 rings (SSSR count). The number of carboxylic acid groups (broad SMARTS) is 1. The van der Waals surface area contributed by atoms with Crippen LogP contribution in [0.4, 0.5) is 5.69 Å². The van der Waals surface area contributed by atoms with Crippen LogP contribution in [0.15, 0.2) is 30.9 Å². The quantitative estimate of drug-likeness (QED) is 0.531. The number of carboxylic acids is 1. The number of methoxy groups -OCH3 is 1. The van der Waals surface area contributed by atoms with Gasteiger partial charge in [-0.3, -0.25) is 19.7 Å². The van der Waals surface area contributed by atoms with Gasteiger partial charge in [0.1, 0.15) is 24.9 Å². The Labute approximate surface area is 141 Å². The maximum Gasteiger partial charge on any atom is 0.323 e. The molecule has 11 heteroatoms. The number of aromatic nitrogens is 3. The fraction of sp³-hybridized carbons (Fsp3) is 0.286. The first-order valence-corrected chi connectivity index (χ1v) is 7.07. The molecule has 0 spiro atoms. The lowest BCUT2D eigenvalue weighted by atomic mass is 10.1. The van der Waals surface area contributed by atoms with Gasteiger partial charge in [-0.15, -0.1) is 0 Å². The third-order valence-electron chi connectivity index (χ3n) is 3.26. The summed E-state index contributed by atoms with van der Waals surface area (Å²) in [5.74, 6) is -1.84. The van der Waals surface area contributed by atoms with E-state index in [1.54, 1.807) is 0 Å². The van der Waals surface area contributed by atoms with Crippen molar-refractivity contribution in [1.29, 1.82) is 0 Å². The second-order valence-corrected chi connectivity index (χ2v) is 4.91. The van der Waals surface area contributed by atoms with Gasteiger partial charge < -0.3 is 14.7 Å². The van der Waals surface area contributed by atoms with Crippen LogP contribution in [-0.4, -0.2) is 68.4 Å². The summed E-state index contributed by atoms with van der Waals surface area (Å²) in [6.45, 7) is -0.362. The van der Waals surface area contributed by atoms with Crippen LogP contribution in [0.5, 0.6) is 0 Å². The molecule has 1 aromatic carbocycles. The second kappa shape index (κ2) is 7.97. The van der Waals surface area contributed by atoms with Gasteiger partial charge in [0.2, 0.25) is 0 Å². The third-order valence-corrected chi connectivity index (χ3v) is 3.26. The number of nitrogens with zero attached hydrogens (tertiary/aromatic N) is 5. The summed E-state index contributed by atoms with van der Waals surface area (Å²) in [6, 6.07) is 3.81. The van der Waals surface area contributed by atoms with Crippen LogP contribution >= 0.6 is 0 Å². The number of ether oxygens (including phenoxy) is 1. The van der Waals surface area contributed by atoms with Gasteiger partial charge in [-0.25, -0.2) is 9.67 Å². The topological polar surface area (TPSA) is 141 Å². The number of amides is 1. The zero-order valence-electron chi connectivity index (χ0n) is 13.2. The summed E-state index contributed by atoms with van der Waals surface area (Å²) >= 11 is 0. The third kappa shape index (κ3) is 4.35. The lowest BCUT2D eigenvalue weighted by Crippen LogP contribution is -2.38. The van der Waals surface area contributed by atoms with E-state index >= 15 is 0 Å². The Morgan fingerprint density at radius 1 is 1.44 bits per heavy atom. The molecule has 0 radical (unpaired) electrons. The van der Waals surface area contributed by atoms with Crippen molar-refractivity contribution in [3.63, 3.8) is 0 Å². The molecule has 0 bridgehead atoms. The molecule has 1 amide bonds. The van der Waals surface area contributed by atoms with Gasteiger partial charge in [0, 0.05) is 25.3 Å². The molecule has 0 aliphatic rings. The average Bonchev–Trinajstić information content (AvgIpc) is 3.11. The van der Waals surface area contributed by atoms with E-state index in [4.69, 9.17) is 9.84 Å². The zero-order valence-corrected chi connectivity index (χ0v) is 13.2. The highest BCUT2D eigenvalue weighted by atomic mass is 16.6. The standard InChI is InChI=1S/C14H15N5O6/c1-25-5-4-17(7-13(20)21)14(22)10-2-3-11(12(6-10)19(23)24)18-9-15-8-16-18/h2-3,6,8-9H,4-5,7H2,1H3,(H,20,21). The minimum absolute atomic E-state index is 0.00656. The van der Waals surface area contributed by atoms with E-state index in [0.717, 1.165) is 11.0 Å². The summed E-state index contributed by atoms with van der Waals surface area (Å²) in [6.07, 6.45) is 2.52. The number of hydrogen-bond donors (Lipinski definition) is 1. The Kier molecular flexibility index (Phi) is 5.74. The van der Waals surface area contributed by atoms with Crippen LogP contribution in [0.3, 0.4) is 0 Å². The number of rotatable bonds is 8. The molecular formula is C14H15N5O6. The average molecular weight is 349 g/mol. The number of hydrogen-bond acceptors (Lipinski definition) is 7. The number of aliphatic carboxylic acids is 1. The normalized spacial score (nSPS) is 10.4. The number of nitro benzene ring substituents is 1. The molecule has 11 nitrogen and oxygen atoms in total. The monoisotopic (exact) mass is 349 g/mol. The van der Waals surface area contributed by atoms with E-state index < -0.39 is 23.3 Å². The first kappa shape index (κ1) is 18.0. The van der Waals surface area contributed by atoms with E-state index in [-0.39, 0.29) is 30.1 Å². The van der Waals surface area contributed by atoms with Crippen molar-refractivity contribution < 1.29 is 24.4 Å². The minimum atomic E-state index is -1.20. The van der Waals surface area contributed by atoms with Crippen molar-refractivity contribution in [1.82, 2.24) is 19.7 Å². The Morgan fingerprint density at radius 3 is 2.76 bits per heavy atom. The Hall–Kier alpha value is -3.34. The van der Waals surface area contributed by atoms with E-state index in [1.807, 2.05) is 0 Å². The predicted octanol–water partition coefficient (Wildman–Crippen LogP) is 0.349. The van der Waals surface area contributed by atoms with Crippen LogP contribution < -0.4 is 0 Å². The SMILES string of the molecule is COCCN(CC(=O)O)C(=O)c1ccc(-n2cncn2)c([N+](=O)[O-])c1. The number of carbonyl (C=O) groups excluding carboxylic acids is 1. The van der Waals surface area contributed by atoms with Gasteiger partial charge in [-0.05, 0) is 12.1 Å². The van der Waals surface area contributed by atoms with Crippen molar-refractivity contribution >= 4 is 17.6 Å². The largest absolute Gasteiger partial charge is 0.480 e. The zero-order chi connectivity index (χ0) is 18.4. The van der Waals surface area contributed by atoms with Gasteiger partial charge in [-0.1, -0.05) is 0 Å². The van der Waals surface area contributed by atoms with E-state index in [1.165, 1.54) is 36.6 Å². The predicted molar refractivity (Wildman–Crippen MR) is 83.4 cm³/mol. The van der Waals surface area contributed by atoms with Gasteiger partial charge in [0.25, 0.3) is 11.6 Å². The summed E-state index contributed by atoms with van der Waals surface area (Å²) < 4.78 is 6.06. The lowest BCUT2D eigenvalue weighted by Gasteiger charge is -2.20. The first-order chi connectivity index (χ1) is 11.9. The fourth-order valence-electron chi connectivity index (χ4n) is 2.13. The molecule has 132 valence electrons. The fourth-order valence-corrected chi connectivity index (χ4v) is 2.13. The van der Waals surface area contributed by atoms with Crippen molar-refractivity contribution in [2.24, 2.45) is 0 Å². The van der Waals surface area contributed by atoms with Gasteiger partial charge >= 0.3 is 5.97 Å². The second-order valence-electron chi connectivity index (χ2n) is 4.91. The summed E-state index contributed by atoms with van der Waals surface area (Å²) in [4.78, 5) is 38.9. The number of nitro groups is 1. The lowest BCUT2D eigenvalue weighted by molar-refractivity contribution is -0.384. The Bertz CT molecular complexity index is 776. The van der Waals surface area contributed by atoms with E-state index in [2.05, 4.69) is 10.1 Å². The molecule has 0 atom stereocenters. The van der Waals surface area contributed by atoms with E-state index in [9.17, 15) is 19.7 Å². The molecule has 1 N–H and O–H groups in total. The van der Waals surface area contributed by atoms with E-state index in [0.29, 0.717) is 0 Å². The van der Waals surface area contributed by atoms with Gasteiger partial charge in [0.05, 0.1) is 11.5 Å². The van der Waals surface area contributed by atoms with Gasteiger partial charge in [-0.2, -0.15) is 5.10 Å². The molecular weight excluding hydrogens is 334 g/mol. The van der Waals surface area contributed by atoms with Gasteiger partial charge in [0.15, 0.2) is 0 Å². The van der Waals surface area contributed by atoms with Crippen LogP contribution in [0.25, 0.3) is 5.69 Å². The summed E-state index contributed by atoms with van der Waals surface area (Å²) in [5.41, 5.74) is -0.216. The highest BCUT2D eigenvalue weighted by Gasteiger charge is 2.23. The first-order valence-electron chi connectivity index (χ1n) is 7.07. The van der Waals surface area contributed by atoms with Crippen molar-refractivity contribution in [3.05, 3.63) is 46.5 Å². The molecule has 0 aliphatic heterocycles. The molecule has 2 aromatic rings. The highest BCUT2D eigenvalue weighted by Crippen LogP contribution is 2.24. The minimum Gasteiger partial charge on any atom is -0.480 e. The molecule has 0 saturated carbocycles. The Balaban J connectivity index is 2.37. The molecule has 0 unspecified atom stereocenters. The maximum absolute atomic E-state index is 12.5. The Morgan fingerprint density at radius 2 is 2.20 bits per heavy atom. The number of benzene rings is 1.